The van der Waals surface area contributed by atoms with Gasteiger partial charge in [-0.25, -0.2) is 0 Å². The molecule has 0 fully saturated rings. The lowest BCUT2D eigenvalue weighted by Gasteiger charge is -2.02. The van der Waals surface area contributed by atoms with E-state index in [1.54, 1.807) is 0 Å². The van der Waals surface area contributed by atoms with Crippen LogP contribution >= 0.6 is 11.6 Å². The number of hydrogen-bond acceptors (Lipinski definition) is 1. The lowest BCUT2D eigenvalue weighted by atomic mass is 10.5. The third-order valence-electron chi connectivity index (χ3n) is 0.436. The predicted molar refractivity (Wildman–Crippen MR) is 21.8 cm³/mol. The molecule has 3 heteroatoms. The van der Waals surface area contributed by atoms with Crippen LogP contribution in [0.3, 0.4) is 0 Å². The van der Waals surface area contributed by atoms with Gasteiger partial charge in [-0.05, 0) is 0 Å². The minimum atomic E-state index is -2.24. The molecule has 0 amide bonds. The predicted octanol–water partition coefficient (Wildman–Crippen LogP) is 0.712. The lowest BCUT2D eigenvalue weighted by molar-refractivity contribution is -0.135. The van der Waals surface area contributed by atoms with Crippen LogP contribution in [0.2, 0.25) is 0 Å². The quantitative estimate of drug-likeness (QED) is 0.391. The van der Waals surface area contributed by atoms with Crippen LogP contribution in [0, 0.1) is 0 Å². The van der Waals surface area contributed by atoms with Gasteiger partial charge in [0.15, 0.2) is 0 Å². The third-order valence-corrected chi connectivity index (χ3v) is 0.703. The van der Waals surface area contributed by atoms with E-state index in [9.17, 15) is 5.11 Å². The van der Waals surface area contributed by atoms with E-state index in [0.717, 1.165) is 0 Å². The molecule has 1 unspecified atom stereocenters. The van der Waals surface area contributed by atoms with E-state index in [1.807, 2.05) is 0 Å². The maximum atomic E-state index is 9.79. The Morgan fingerprint density at radius 2 is 2.17 bits per heavy atom. The molecule has 0 heterocycles. The fourth-order valence-corrected chi connectivity index (χ4v) is 0. The molecular weight excluding hydrogens is 103 g/mol. The summed E-state index contributed by atoms with van der Waals surface area (Å²) in [6.45, 7) is 1.51. The van der Waals surface area contributed by atoms with Crippen LogP contribution < -0.4 is 0 Å². The summed E-state index contributed by atoms with van der Waals surface area (Å²) >= 11 is 4.72. The number of halogens is 1. The van der Waals surface area contributed by atoms with Crippen LogP contribution in [0.4, 0.5) is 0 Å². The summed E-state index contributed by atoms with van der Waals surface area (Å²) in [6.07, 6.45) is 0.0363. The molecule has 1 N–H and O–H groups in total. The molecule has 0 aromatic rings. The minimum absolute atomic E-state index is 0.0363. The minimum Gasteiger partial charge on any atom is -0.351 e. The number of rotatable bonds is 1. The molecular formula is C3H6ClO2. The molecule has 0 rings (SSSR count). The normalized spacial score (nSPS) is 12.0. The SMILES string of the molecule is CCC([O])(O)Cl. The van der Waals surface area contributed by atoms with Gasteiger partial charge in [0.1, 0.15) is 0 Å². The maximum absolute atomic E-state index is 9.79. The van der Waals surface area contributed by atoms with Crippen molar-refractivity contribution in [2.45, 2.75) is 18.6 Å². The van der Waals surface area contributed by atoms with E-state index < -0.39 is 5.25 Å². The van der Waals surface area contributed by atoms with E-state index >= 15 is 0 Å². The van der Waals surface area contributed by atoms with Gasteiger partial charge < -0.3 is 5.11 Å². The topological polar surface area (TPSA) is 40.1 Å². The molecule has 0 bridgehead atoms. The van der Waals surface area contributed by atoms with E-state index in [0.29, 0.717) is 0 Å². The summed E-state index contributed by atoms with van der Waals surface area (Å²) in [5, 5.41) is 15.6. The Balaban J connectivity index is 3.17. The van der Waals surface area contributed by atoms with Crippen LogP contribution in [0.25, 0.3) is 0 Å². The Morgan fingerprint density at radius 1 is 2.00 bits per heavy atom. The Bertz CT molecular complexity index is 38.5. The molecule has 37 valence electrons. The summed E-state index contributed by atoms with van der Waals surface area (Å²) in [6, 6.07) is 0. The van der Waals surface area contributed by atoms with Crippen LogP contribution in [0.15, 0.2) is 0 Å². The van der Waals surface area contributed by atoms with Gasteiger partial charge in [0, 0.05) is 6.42 Å². The second kappa shape index (κ2) is 1.78. The monoisotopic (exact) mass is 109 g/mol. The van der Waals surface area contributed by atoms with Gasteiger partial charge in [-0.3, -0.25) is 0 Å². The Kier molecular flexibility index (Phi) is 1.84. The van der Waals surface area contributed by atoms with Gasteiger partial charge in [0.25, 0.3) is 5.25 Å². The van der Waals surface area contributed by atoms with Gasteiger partial charge in [0.2, 0.25) is 0 Å². The van der Waals surface area contributed by atoms with E-state index in [-0.39, 0.29) is 6.42 Å². The Morgan fingerprint density at radius 3 is 2.17 bits per heavy atom. The van der Waals surface area contributed by atoms with Crippen molar-refractivity contribution in [1.82, 2.24) is 0 Å². The fourth-order valence-electron chi connectivity index (χ4n) is 0. The van der Waals surface area contributed by atoms with E-state index in [1.165, 1.54) is 6.92 Å². The van der Waals surface area contributed by atoms with Crippen molar-refractivity contribution in [2.75, 3.05) is 0 Å². The van der Waals surface area contributed by atoms with Crippen LogP contribution in [-0.2, 0) is 5.11 Å². The van der Waals surface area contributed by atoms with Crippen molar-refractivity contribution in [3.05, 3.63) is 0 Å². The van der Waals surface area contributed by atoms with Gasteiger partial charge >= 0.3 is 0 Å². The standard InChI is InChI=1S/C3H6ClO2/c1-2-3(4,5)6/h5H,2H2,1H3. The zero-order valence-electron chi connectivity index (χ0n) is 3.44. The fraction of sp³-hybridized carbons (Fsp3) is 1.00. The molecule has 1 radical (unpaired) electrons. The Hall–Kier alpha value is 0.210. The first-order valence-electron chi connectivity index (χ1n) is 1.68. The maximum Gasteiger partial charge on any atom is 0.275 e. The molecule has 0 aliphatic heterocycles. The van der Waals surface area contributed by atoms with Crippen molar-refractivity contribution in [2.24, 2.45) is 0 Å². The highest BCUT2D eigenvalue weighted by atomic mass is 35.5. The lowest BCUT2D eigenvalue weighted by Crippen LogP contribution is -2.14. The number of hydrogen-bond donors (Lipinski definition) is 1. The molecule has 6 heavy (non-hydrogen) atoms. The number of aliphatic hydroxyl groups is 1. The molecule has 0 saturated heterocycles. The van der Waals surface area contributed by atoms with Crippen molar-refractivity contribution in [3.63, 3.8) is 0 Å². The second-order valence-electron chi connectivity index (χ2n) is 1.04. The average molecular weight is 110 g/mol. The highest BCUT2D eigenvalue weighted by Crippen LogP contribution is 2.09. The van der Waals surface area contributed by atoms with Crippen molar-refractivity contribution < 1.29 is 10.2 Å². The summed E-state index contributed by atoms with van der Waals surface area (Å²) in [7, 11) is 0. The summed E-state index contributed by atoms with van der Waals surface area (Å²) in [4.78, 5) is 0. The first kappa shape index (κ1) is 6.21. The zero-order valence-corrected chi connectivity index (χ0v) is 4.20. The second-order valence-corrected chi connectivity index (χ2v) is 1.63. The summed E-state index contributed by atoms with van der Waals surface area (Å²) < 4.78 is 0. The molecule has 0 aromatic heterocycles. The molecule has 0 aliphatic rings. The van der Waals surface area contributed by atoms with Crippen LogP contribution in [0.1, 0.15) is 13.3 Å². The molecule has 2 nitrogen and oxygen atoms in total. The molecule has 0 aliphatic carbocycles. The van der Waals surface area contributed by atoms with E-state index in [2.05, 4.69) is 0 Å². The van der Waals surface area contributed by atoms with Crippen LogP contribution in [0.5, 0.6) is 0 Å². The molecule has 0 spiro atoms. The summed E-state index contributed by atoms with van der Waals surface area (Å²) in [5.41, 5.74) is 0. The highest BCUT2D eigenvalue weighted by Gasteiger charge is 2.15. The van der Waals surface area contributed by atoms with Gasteiger partial charge in [-0.2, -0.15) is 5.11 Å². The molecule has 0 aromatic carbocycles. The Labute approximate surface area is 41.4 Å². The third kappa shape index (κ3) is 4.21. The van der Waals surface area contributed by atoms with Crippen LogP contribution in [-0.4, -0.2) is 10.4 Å². The number of alkyl halides is 1. The van der Waals surface area contributed by atoms with Crippen molar-refractivity contribution in [1.29, 1.82) is 0 Å². The average Bonchev–Trinajstić information content (AvgIpc) is 1.35. The van der Waals surface area contributed by atoms with Gasteiger partial charge in [-0.15, -0.1) is 0 Å². The molecule has 1 atom stereocenters. The van der Waals surface area contributed by atoms with Crippen molar-refractivity contribution in [3.8, 4) is 0 Å². The largest absolute Gasteiger partial charge is 0.351 e. The zero-order chi connectivity index (χ0) is 5.21. The first-order valence-corrected chi connectivity index (χ1v) is 2.06. The highest BCUT2D eigenvalue weighted by molar-refractivity contribution is 6.21. The molecule has 0 saturated carbocycles. The van der Waals surface area contributed by atoms with E-state index in [4.69, 9.17) is 16.7 Å². The van der Waals surface area contributed by atoms with Crippen molar-refractivity contribution >= 4 is 11.6 Å². The smallest absolute Gasteiger partial charge is 0.275 e. The van der Waals surface area contributed by atoms with Gasteiger partial charge in [0.05, 0.1) is 0 Å². The first-order chi connectivity index (χ1) is 2.56. The summed E-state index contributed by atoms with van der Waals surface area (Å²) in [5.74, 6) is 0. The van der Waals surface area contributed by atoms with Gasteiger partial charge in [-0.1, -0.05) is 18.5 Å².